The Morgan fingerprint density at radius 2 is 1.97 bits per heavy atom. The van der Waals surface area contributed by atoms with Gasteiger partial charge in [0, 0.05) is 36.4 Å². The van der Waals surface area contributed by atoms with Gasteiger partial charge in [0.25, 0.3) is 0 Å². The van der Waals surface area contributed by atoms with E-state index in [0.717, 1.165) is 19.4 Å². The van der Waals surface area contributed by atoms with Crippen LogP contribution in [0.25, 0.3) is 22.4 Å². The molecule has 2 aromatic heterocycles. The van der Waals surface area contributed by atoms with Gasteiger partial charge in [0.15, 0.2) is 0 Å². The van der Waals surface area contributed by atoms with Crippen LogP contribution < -0.4 is 15.0 Å². The lowest BCUT2D eigenvalue weighted by molar-refractivity contribution is -0.189. The number of carbonyl (C=O) groups is 1. The maximum absolute atomic E-state index is 12.9. The molecule has 1 aromatic carbocycles. The molecular formula is C23H26F3N7O3. The highest BCUT2D eigenvalue weighted by molar-refractivity contribution is 5.85. The molecule has 1 aliphatic heterocycles. The number of H-pyrrole nitrogens is 1. The molecule has 1 fully saturated rings. The van der Waals surface area contributed by atoms with Crippen LogP contribution in [0.4, 0.5) is 19.1 Å². The minimum absolute atomic E-state index is 0.0543. The maximum atomic E-state index is 12.9. The summed E-state index contributed by atoms with van der Waals surface area (Å²) in [5.74, 6) is -3.09. The Hall–Kier alpha value is -3.74. The molecule has 3 N–H and O–H groups in total. The number of aromatic amines is 1. The number of hydrogen-bond acceptors (Lipinski definition) is 9. The van der Waals surface area contributed by atoms with Gasteiger partial charge in [0.1, 0.15) is 17.2 Å². The van der Waals surface area contributed by atoms with E-state index < -0.39 is 23.6 Å². The summed E-state index contributed by atoms with van der Waals surface area (Å²) in [6, 6.07) is 2.72. The standard InChI is InChI=1S/C23H26F3N7O3/c1-22(2,3)30-15-5-4-6-33(12-15)21-27-11-16(31-32-21)19-17(34)7-13(14-9-28-29-10-14)8-18(19)36-20(35)23(24,25)26/h7-11,15,30,34H,4-6,12H2,1-3H3,(H,28,29). The van der Waals surface area contributed by atoms with Crippen molar-refractivity contribution in [3.8, 4) is 33.9 Å². The van der Waals surface area contributed by atoms with Crippen molar-refractivity contribution in [3.05, 3.63) is 30.7 Å². The molecule has 1 saturated heterocycles. The first-order chi connectivity index (χ1) is 16.9. The van der Waals surface area contributed by atoms with Crippen LogP contribution in [0.1, 0.15) is 33.6 Å². The quantitative estimate of drug-likeness (QED) is 0.353. The molecule has 0 aliphatic carbocycles. The molecule has 10 nitrogen and oxygen atoms in total. The van der Waals surface area contributed by atoms with Crippen LogP contribution in [0.5, 0.6) is 11.5 Å². The van der Waals surface area contributed by atoms with Crippen molar-refractivity contribution in [2.75, 3.05) is 18.0 Å². The third-order valence-electron chi connectivity index (χ3n) is 5.49. The molecule has 192 valence electrons. The number of alkyl halides is 3. The third kappa shape index (κ3) is 5.90. The van der Waals surface area contributed by atoms with Gasteiger partial charge in [-0.1, -0.05) is 0 Å². The van der Waals surface area contributed by atoms with E-state index in [2.05, 4.69) is 56.2 Å². The lowest BCUT2D eigenvalue weighted by atomic mass is 10.0. The lowest BCUT2D eigenvalue weighted by Gasteiger charge is -2.36. The van der Waals surface area contributed by atoms with E-state index >= 15 is 0 Å². The number of phenols is 1. The van der Waals surface area contributed by atoms with Gasteiger partial charge in [-0.2, -0.15) is 18.3 Å². The van der Waals surface area contributed by atoms with Crippen LogP contribution in [0.15, 0.2) is 30.7 Å². The Kier molecular flexibility index (Phi) is 6.85. The Morgan fingerprint density at radius 3 is 2.58 bits per heavy atom. The molecule has 3 aromatic rings. The van der Waals surface area contributed by atoms with Crippen LogP contribution in [0.2, 0.25) is 0 Å². The number of rotatable bonds is 5. The monoisotopic (exact) mass is 505 g/mol. The summed E-state index contributed by atoms with van der Waals surface area (Å²) in [7, 11) is 0. The van der Waals surface area contributed by atoms with Crippen molar-refractivity contribution in [1.29, 1.82) is 0 Å². The summed E-state index contributed by atoms with van der Waals surface area (Å²) in [4.78, 5) is 17.9. The summed E-state index contributed by atoms with van der Waals surface area (Å²) in [5.41, 5.74) is 0.391. The summed E-state index contributed by atoms with van der Waals surface area (Å²) < 4.78 is 43.4. The zero-order chi connectivity index (χ0) is 26.1. The number of nitrogens with zero attached hydrogens (tertiary/aromatic N) is 5. The van der Waals surface area contributed by atoms with Crippen LogP contribution in [0.3, 0.4) is 0 Å². The minimum Gasteiger partial charge on any atom is -0.507 e. The van der Waals surface area contributed by atoms with Gasteiger partial charge in [-0.15, -0.1) is 10.2 Å². The average Bonchev–Trinajstić information content (AvgIpc) is 3.32. The molecule has 1 aliphatic rings. The van der Waals surface area contributed by atoms with Crippen LogP contribution in [-0.2, 0) is 4.79 Å². The molecule has 0 bridgehead atoms. The molecule has 0 amide bonds. The van der Waals surface area contributed by atoms with Gasteiger partial charge in [0.2, 0.25) is 5.95 Å². The van der Waals surface area contributed by atoms with Crippen LogP contribution >= 0.6 is 0 Å². The van der Waals surface area contributed by atoms with Crippen LogP contribution in [0, 0.1) is 0 Å². The van der Waals surface area contributed by atoms with E-state index in [1.807, 2.05) is 4.90 Å². The number of phenolic OH excluding ortho intramolecular Hbond substituents is 1. The number of piperidine rings is 1. The van der Waals surface area contributed by atoms with Crippen molar-refractivity contribution in [2.45, 2.75) is 51.4 Å². The normalized spacial score (nSPS) is 16.7. The fraction of sp³-hybridized carbons (Fsp3) is 0.435. The van der Waals surface area contributed by atoms with Gasteiger partial charge < -0.3 is 20.1 Å². The van der Waals surface area contributed by atoms with Crippen molar-refractivity contribution >= 4 is 11.9 Å². The molecule has 4 rings (SSSR count). The van der Waals surface area contributed by atoms with E-state index in [9.17, 15) is 23.1 Å². The highest BCUT2D eigenvalue weighted by Gasteiger charge is 2.42. The minimum atomic E-state index is -5.24. The number of hydrogen-bond donors (Lipinski definition) is 3. The van der Waals surface area contributed by atoms with Gasteiger partial charge in [-0.3, -0.25) is 5.10 Å². The molecule has 0 radical (unpaired) electrons. The first-order valence-electron chi connectivity index (χ1n) is 11.3. The van der Waals surface area contributed by atoms with Crippen molar-refractivity contribution in [1.82, 2.24) is 30.7 Å². The molecular weight excluding hydrogens is 479 g/mol. The molecule has 0 spiro atoms. The fourth-order valence-electron chi connectivity index (χ4n) is 4.09. The zero-order valence-electron chi connectivity index (χ0n) is 19.9. The predicted octanol–water partition coefficient (Wildman–Crippen LogP) is 3.46. The fourth-order valence-corrected chi connectivity index (χ4v) is 4.09. The van der Waals surface area contributed by atoms with E-state index in [1.54, 1.807) is 0 Å². The van der Waals surface area contributed by atoms with Crippen molar-refractivity contribution in [2.24, 2.45) is 0 Å². The maximum Gasteiger partial charge on any atom is 0.491 e. The van der Waals surface area contributed by atoms with Crippen LogP contribution in [-0.4, -0.2) is 67.3 Å². The largest absolute Gasteiger partial charge is 0.507 e. The Labute approximate surface area is 204 Å². The summed E-state index contributed by atoms with van der Waals surface area (Å²) >= 11 is 0. The first kappa shape index (κ1) is 25.4. The Balaban J connectivity index is 1.65. The van der Waals surface area contributed by atoms with Gasteiger partial charge >= 0.3 is 12.1 Å². The zero-order valence-corrected chi connectivity index (χ0v) is 19.9. The van der Waals surface area contributed by atoms with Gasteiger partial charge in [-0.25, -0.2) is 9.78 Å². The van der Waals surface area contributed by atoms with Crippen molar-refractivity contribution in [3.63, 3.8) is 0 Å². The molecule has 13 heteroatoms. The third-order valence-corrected chi connectivity index (χ3v) is 5.49. The molecule has 36 heavy (non-hydrogen) atoms. The smallest absolute Gasteiger partial charge is 0.491 e. The number of anilines is 1. The van der Waals surface area contributed by atoms with Crippen molar-refractivity contribution < 1.29 is 27.8 Å². The Bertz CT molecular complexity index is 1210. The number of carbonyl (C=O) groups excluding carboxylic acids is 1. The number of benzene rings is 1. The average molecular weight is 506 g/mol. The molecule has 1 unspecified atom stereocenters. The first-order valence-corrected chi connectivity index (χ1v) is 11.3. The van der Waals surface area contributed by atoms with E-state index in [1.165, 1.54) is 30.7 Å². The number of nitrogens with one attached hydrogen (secondary N) is 2. The molecule has 1 atom stereocenters. The summed E-state index contributed by atoms with van der Waals surface area (Å²) in [6.45, 7) is 7.66. The topological polar surface area (TPSA) is 129 Å². The lowest BCUT2D eigenvalue weighted by Crippen LogP contribution is -2.52. The highest BCUT2D eigenvalue weighted by atomic mass is 19.4. The van der Waals surface area contributed by atoms with E-state index in [4.69, 9.17) is 0 Å². The van der Waals surface area contributed by atoms with E-state index in [-0.39, 0.29) is 28.4 Å². The summed E-state index contributed by atoms with van der Waals surface area (Å²) in [5, 5.41) is 28.8. The Morgan fingerprint density at radius 1 is 1.19 bits per heavy atom. The highest BCUT2D eigenvalue weighted by Crippen LogP contribution is 2.41. The van der Waals surface area contributed by atoms with Gasteiger partial charge in [0.05, 0.1) is 18.0 Å². The SMILES string of the molecule is CC(C)(C)NC1CCCN(c2ncc(-c3c(O)cc(-c4cn[nH]c4)cc3OC(=O)C(F)(F)F)nn2)C1. The second-order valence-corrected chi connectivity index (χ2v) is 9.57. The van der Waals surface area contributed by atoms with E-state index in [0.29, 0.717) is 18.1 Å². The number of aromatic nitrogens is 5. The molecule has 0 saturated carbocycles. The number of esters is 1. The number of aromatic hydroxyl groups is 1. The summed E-state index contributed by atoms with van der Waals surface area (Å²) in [6.07, 6.45) is 0.844. The second kappa shape index (κ2) is 9.72. The molecule has 3 heterocycles. The second-order valence-electron chi connectivity index (χ2n) is 9.57. The van der Waals surface area contributed by atoms with Gasteiger partial charge in [-0.05, 0) is 51.3 Å². The predicted molar refractivity (Wildman–Crippen MR) is 124 cm³/mol. The number of ether oxygens (including phenoxy) is 1. The number of halogens is 3.